The normalized spacial score (nSPS) is 11.4. The highest BCUT2D eigenvalue weighted by Gasteiger charge is 2.27. The van der Waals surface area contributed by atoms with E-state index in [9.17, 15) is 17.6 Å². The van der Waals surface area contributed by atoms with Gasteiger partial charge < -0.3 is 10.1 Å². The molecule has 8 heteroatoms. The van der Waals surface area contributed by atoms with Crippen LogP contribution in [0.3, 0.4) is 0 Å². The van der Waals surface area contributed by atoms with Crippen LogP contribution >= 0.6 is 0 Å². The number of nitrogens with zero attached hydrogens (tertiary/aromatic N) is 1. The topological polar surface area (TPSA) is 75.7 Å². The van der Waals surface area contributed by atoms with Crippen LogP contribution in [0, 0.1) is 12.7 Å². The van der Waals surface area contributed by atoms with E-state index in [0.29, 0.717) is 11.3 Å². The number of carbonyl (C=O) groups is 1. The van der Waals surface area contributed by atoms with Gasteiger partial charge in [-0.25, -0.2) is 12.8 Å². The molecule has 32 heavy (non-hydrogen) atoms. The van der Waals surface area contributed by atoms with E-state index in [4.69, 9.17) is 4.74 Å². The van der Waals surface area contributed by atoms with Crippen molar-refractivity contribution in [3.8, 4) is 5.75 Å². The summed E-state index contributed by atoms with van der Waals surface area (Å²) in [6.45, 7) is 1.49. The summed E-state index contributed by atoms with van der Waals surface area (Å²) in [5, 5.41) is 2.72. The Morgan fingerprint density at radius 3 is 2.31 bits per heavy atom. The summed E-state index contributed by atoms with van der Waals surface area (Å²) in [7, 11) is -2.45. The first kappa shape index (κ1) is 23.4. The lowest BCUT2D eigenvalue weighted by atomic mass is 10.1. The third-order valence-electron chi connectivity index (χ3n) is 4.93. The third-order valence-corrected chi connectivity index (χ3v) is 6.74. The second-order valence-corrected chi connectivity index (χ2v) is 9.23. The maximum absolute atomic E-state index is 13.4. The van der Waals surface area contributed by atoms with E-state index in [-0.39, 0.29) is 30.3 Å². The zero-order valence-corrected chi connectivity index (χ0v) is 18.7. The van der Waals surface area contributed by atoms with Gasteiger partial charge in [0, 0.05) is 13.1 Å². The van der Waals surface area contributed by atoms with Gasteiger partial charge in [0.05, 0.1) is 18.6 Å². The molecule has 0 radical (unpaired) electrons. The van der Waals surface area contributed by atoms with E-state index in [2.05, 4.69) is 5.32 Å². The summed E-state index contributed by atoms with van der Waals surface area (Å²) in [5.41, 5.74) is 1.96. The zero-order chi connectivity index (χ0) is 23.1. The Labute approximate surface area is 187 Å². The lowest BCUT2D eigenvalue weighted by Crippen LogP contribution is -2.40. The Morgan fingerprint density at radius 2 is 1.69 bits per heavy atom. The molecule has 0 aliphatic heterocycles. The molecule has 0 atom stereocenters. The number of hydrogen-bond acceptors (Lipinski definition) is 4. The van der Waals surface area contributed by atoms with Gasteiger partial charge in [0.1, 0.15) is 11.6 Å². The average Bonchev–Trinajstić information content (AvgIpc) is 2.80. The van der Waals surface area contributed by atoms with Crippen LogP contribution in [0.5, 0.6) is 5.75 Å². The fourth-order valence-electron chi connectivity index (χ4n) is 3.14. The maximum Gasteiger partial charge on any atom is 0.243 e. The van der Waals surface area contributed by atoms with Crippen LogP contribution in [0.1, 0.15) is 16.7 Å². The zero-order valence-electron chi connectivity index (χ0n) is 17.9. The molecule has 1 N–H and O–H groups in total. The summed E-state index contributed by atoms with van der Waals surface area (Å²) >= 11 is 0. The first-order valence-electron chi connectivity index (χ1n) is 9.99. The average molecular weight is 457 g/mol. The summed E-state index contributed by atoms with van der Waals surface area (Å²) in [6, 6.07) is 19.6. The first-order valence-corrected chi connectivity index (χ1v) is 11.4. The Kier molecular flexibility index (Phi) is 7.61. The van der Waals surface area contributed by atoms with Crippen LogP contribution in [0.25, 0.3) is 0 Å². The highest BCUT2D eigenvalue weighted by molar-refractivity contribution is 7.89. The molecule has 0 saturated heterocycles. The number of aryl methyl sites for hydroxylation is 1. The molecule has 0 bridgehead atoms. The van der Waals surface area contributed by atoms with Gasteiger partial charge in [-0.3, -0.25) is 4.79 Å². The Morgan fingerprint density at radius 1 is 1.00 bits per heavy atom. The van der Waals surface area contributed by atoms with Gasteiger partial charge in [0.2, 0.25) is 15.9 Å². The number of methoxy groups -OCH3 is 1. The van der Waals surface area contributed by atoms with Crippen molar-refractivity contribution in [2.24, 2.45) is 0 Å². The molecule has 0 aliphatic carbocycles. The molecule has 0 saturated carbocycles. The minimum Gasteiger partial charge on any atom is -0.497 e. The smallest absolute Gasteiger partial charge is 0.243 e. The van der Waals surface area contributed by atoms with Crippen molar-refractivity contribution in [2.75, 3.05) is 13.7 Å². The quantitative estimate of drug-likeness (QED) is 0.533. The van der Waals surface area contributed by atoms with Crippen molar-refractivity contribution in [1.29, 1.82) is 0 Å². The Hall–Kier alpha value is -3.23. The minimum atomic E-state index is -3.95. The fraction of sp³-hybridized carbons (Fsp3) is 0.208. The number of sulfonamides is 1. The van der Waals surface area contributed by atoms with Gasteiger partial charge in [0.15, 0.2) is 0 Å². The lowest BCUT2D eigenvalue weighted by molar-refractivity contribution is -0.121. The lowest BCUT2D eigenvalue weighted by Gasteiger charge is -2.22. The van der Waals surface area contributed by atoms with Gasteiger partial charge >= 0.3 is 0 Å². The Balaban J connectivity index is 1.78. The molecule has 1 amide bonds. The van der Waals surface area contributed by atoms with Gasteiger partial charge in [-0.1, -0.05) is 42.5 Å². The highest BCUT2D eigenvalue weighted by Crippen LogP contribution is 2.21. The van der Waals surface area contributed by atoms with Crippen molar-refractivity contribution in [1.82, 2.24) is 9.62 Å². The van der Waals surface area contributed by atoms with Crippen LogP contribution in [0.15, 0.2) is 77.7 Å². The van der Waals surface area contributed by atoms with E-state index in [1.54, 1.807) is 43.3 Å². The van der Waals surface area contributed by atoms with Crippen LogP contribution < -0.4 is 10.1 Å². The van der Waals surface area contributed by atoms with Gasteiger partial charge in [-0.15, -0.1) is 0 Å². The maximum atomic E-state index is 13.4. The molecule has 6 nitrogen and oxygen atoms in total. The molecule has 0 unspecified atom stereocenters. The monoisotopic (exact) mass is 456 g/mol. The Bertz CT molecular complexity index is 1170. The summed E-state index contributed by atoms with van der Waals surface area (Å²) in [6.07, 6.45) is 0. The molecule has 3 aromatic carbocycles. The molecule has 168 valence electrons. The molecule has 0 fully saturated rings. The van der Waals surface area contributed by atoms with E-state index < -0.39 is 15.9 Å². The van der Waals surface area contributed by atoms with Gasteiger partial charge in [0.25, 0.3) is 0 Å². The fourth-order valence-corrected chi connectivity index (χ4v) is 4.53. The molecule has 3 aromatic rings. The van der Waals surface area contributed by atoms with Crippen molar-refractivity contribution < 1.29 is 22.3 Å². The van der Waals surface area contributed by atoms with Crippen LogP contribution in [-0.2, 0) is 27.9 Å². The van der Waals surface area contributed by atoms with Crippen molar-refractivity contribution >= 4 is 15.9 Å². The van der Waals surface area contributed by atoms with Gasteiger partial charge in [-0.05, 0) is 53.9 Å². The number of halogens is 1. The number of nitrogens with one attached hydrogen (secondary N) is 1. The van der Waals surface area contributed by atoms with E-state index >= 15 is 0 Å². The van der Waals surface area contributed by atoms with Crippen molar-refractivity contribution in [3.63, 3.8) is 0 Å². The minimum absolute atomic E-state index is 0.0400. The summed E-state index contributed by atoms with van der Waals surface area (Å²) < 4.78 is 46.3. The van der Waals surface area contributed by atoms with E-state index in [1.807, 2.05) is 18.2 Å². The second-order valence-electron chi connectivity index (χ2n) is 7.29. The number of hydrogen-bond donors (Lipinski definition) is 1. The summed E-state index contributed by atoms with van der Waals surface area (Å²) in [5.74, 6) is -0.245. The highest BCUT2D eigenvalue weighted by atomic mass is 32.2. The van der Waals surface area contributed by atoms with Crippen LogP contribution in [0.2, 0.25) is 0 Å². The number of benzene rings is 3. The number of ether oxygens (including phenoxy) is 1. The third kappa shape index (κ3) is 5.93. The van der Waals surface area contributed by atoms with Crippen LogP contribution in [0.4, 0.5) is 4.39 Å². The number of rotatable bonds is 9. The summed E-state index contributed by atoms with van der Waals surface area (Å²) in [4.78, 5) is 12.7. The second kappa shape index (κ2) is 10.4. The van der Waals surface area contributed by atoms with Crippen LogP contribution in [-0.4, -0.2) is 32.3 Å². The molecule has 0 heterocycles. The predicted octanol–water partition coefficient (Wildman–Crippen LogP) is 3.65. The van der Waals surface area contributed by atoms with Crippen molar-refractivity contribution in [3.05, 3.63) is 95.3 Å². The molecule has 0 aliphatic rings. The van der Waals surface area contributed by atoms with Crippen molar-refractivity contribution in [2.45, 2.75) is 24.9 Å². The first-order chi connectivity index (χ1) is 15.3. The molecule has 0 spiro atoms. The number of carbonyl (C=O) groups excluding carboxylic acids is 1. The number of amides is 1. The predicted molar refractivity (Wildman–Crippen MR) is 120 cm³/mol. The molecule has 3 rings (SSSR count). The standard InChI is InChI=1S/C24H25FN2O4S/c1-18-14-20(8-13-23(18)25)15-26-24(28)17-27(16-19-6-4-3-5-7-19)32(29,30)22-11-9-21(31-2)10-12-22/h3-14H,15-17H2,1-2H3,(H,26,28). The van der Waals surface area contributed by atoms with E-state index in [0.717, 1.165) is 15.4 Å². The largest absolute Gasteiger partial charge is 0.497 e. The van der Waals surface area contributed by atoms with E-state index in [1.165, 1.54) is 25.3 Å². The molecular formula is C24H25FN2O4S. The van der Waals surface area contributed by atoms with Gasteiger partial charge in [-0.2, -0.15) is 4.31 Å². The SMILES string of the molecule is COc1ccc(S(=O)(=O)N(CC(=O)NCc2ccc(F)c(C)c2)Cc2ccccc2)cc1. The molecule has 0 aromatic heterocycles. The molecular weight excluding hydrogens is 431 g/mol.